The Morgan fingerprint density at radius 1 is 1.65 bits per heavy atom. The van der Waals surface area contributed by atoms with Gasteiger partial charge in [0.2, 0.25) is 5.95 Å². The Hall–Kier alpha value is -0.760. The van der Waals surface area contributed by atoms with Gasteiger partial charge in [-0.2, -0.15) is 16.7 Å². The van der Waals surface area contributed by atoms with E-state index in [4.69, 9.17) is 17.4 Å². The molecular formula is C9H16ClN5OS. The zero-order valence-electron chi connectivity index (χ0n) is 9.70. The number of anilines is 2. The number of thioether (sulfide) groups is 1. The summed E-state index contributed by atoms with van der Waals surface area (Å²) >= 11 is 7.48. The summed E-state index contributed by atoms with van der Waals surface area (Å²) in [5.41, 5.74) is 1.50. The number of nitrogens with one attached hydrogen (secondary N) is 2. The van der Waals surface area contributed by atoms with Crippen molar-refractivity contribution in [3.8, 4) is 0 Å². The predicted octanol–water partition coefficient (Wildman–Crippen LogP) is 0.941. The lowest BCUT2D eigenvalue weighted by Crippen LogP contribution is -2.36. The van der Waals surface area contributed by atoms with Crippen LogP contribution in [-0.4, -0.2) is 39.2 Å². The molecule has 1 aromatic heterocycles. The van der Waals surface area contributed by atoms with Crippen molar-refractivity contribution < 1.29 is 5.11 Å². The van der Waals surface area contributed by atoms with Gasteiger partial charge >= 0.3 is 0 Å². The van der Waals surface area contributed by atoms with Gasteiger partial charge in [0.05, 0.1) is 11.8 Å². The minimum Gasteiger partial charge on any atom is -0.387 e. The van der Waals surface area contributed by atoms with Crippen LogP contribution in [0, 0.1) is 0 Å². The zero-order valence-corrected chi connectivity index (χ0v) is 11.3. The van der Waals surface area contributed by atoms with E-state index in [0.717, 1.165) is 0 Å². The minimum absolute atomic E-state index is 0.265. The highest BCUT2D eigenvalue weighted by molar-refractivity contribution is 7.98. The van der Waals surface area contributed by atoms with Crippen LogP contribution < -0.4 is 16.6 Å². The third kappa shape index (κ3) is 4.55. The smallest absolute Gasteiger partial charge is 0.239 e. The molecule has 1 unspecified atom stereocenters. The Bertz CT molecular complexity index is 376. The number of hydrogen-bond acceptors (Lipinski definition) is 7. The fourth-order valence-electron chi connectivity index (χ4n) is 1.20. The maximum Gasteiger partial charge on any atom is 0.239 e. The summed E-state index contributed by atoms with van der Waals surface area (Å²) in [6.07, 6.45) is 3.37. The predicted molar refractivity (Wildman–Crippen MR) is 72.3 cm³/mol. The highest BCUT2D eigenvalue weighted by atomic mass is 35.5. The van der Waals surface area contributed by atoms with Crippen molar-refractivity contribution in [2.75, 3.05) is 29.3 Å². The molecule has 8 heteroatoms. The Morgan fingerprint density at radius 2 is 2.35 bits per heavy atom. The standard InChI is InChI=1S/C9H16ClN5OS/c1-9(16,5-17-2)4-13-7-6(10)3-12-8(14-7)15-11/h3,16H,4-5,11H2,1-2H3,(H2,12,13,14,15). The third-order valence-electron chi connectivity index (χ3n) is 1.97. The third-order valence-corrected chi connectivity index (χ3v) is 3.15. The number of hydrogen-bond donors (Lipinski definition) is 4. The molecule has 0 saturated heterocycles. The van der Waals surface area contributed by atoms with E-state index in [-0.39, 0.29) is 5.95 Å². The molecule has 1 atom stereocenters. The van der Waals surface area contributed by atoms with Gasteiger partial charge in [0.25, 0.3) is 0 Å². The Kier molecular flexibility index (Phi) is 5.26. The van der Waals surface area contributed by atoms with Crippen molar-refractivity contribution in [3.05, 3.63) is 11.2 Å². The molecule has 0 aliphatic heterocycles. The number of aliphatic hydroxyl groups is 1. The lowest BCUT2D eigenvalue weighted by Gasteiger charge is -2.23. The quantitative estimate of drug-likeness (QED) is 0.454. The first kappa shape index (κ1) is 14.3. The average Bonchev–Trinajstić information content (AvgIpc) is 2.28. The number of nitrogens with two attached hydrogens (primary N) is 1. The Labute approximate surface area is 109 Å². The first-order chi connectivity index (χ1) is 7.98. The van der Waals surface area contributed by atoms with Gasteiger partial charge in [-0.15, -0.1) is 0 Å². The molecular weight excluding hydrogens is 262 g/mol. The van der Waals surface area contributed by atoms with Gasteiger partial charge in [-0.3, -0.25) is 5.43 Å². The molecule has 0 fully saturated rings. The van der Waals surface area contributed by atoms with E-state index >= 15 is 0 Å². The van der Waals surface area contributed by atoms with Crippen LogP contribution >= 0.6 is 23.4 Å². The summed E-state index contributed by atoms with van der Waals surface area (Å²) < 4.78 is 0. The zero-order chi connectivity index (χ0) is 12.9. The number of aromatic nitrogens is 2. The van der Waals surface area contributed by atoms with Gasteiger partial charge in [0, 0.05) is 12.3 Å². The van der Waals surface area contributed by atoms with E-state index in [0.29, 0.717) is 23.1 Å². The van der Waals surface area contributed by atoms with Crippen molar-refractivity contribution in [3.63, 3.8) is 0 Å². The summed E-state index contributed by atoms with van der Waals surface area (Å²) in [6, 6.07) is 0. The van der Waals surface area contributed by atoms with Gasteiger partial charge in [0.1, 0.15) is 5.02 Å². The summed E-state index contributed by atoms with van der Waals surface area (Å²) in [6.45, 7) is 2.09. The molecule has 5 N–H and O–H groups in total. The minimum atomic E-state index is -0.829. The van der Waals surface area contributed by atoms with Crippen LogP contribution in [0.4, 0.5) is 11.8 Å². The average molecular weight is 278 g/mol. The second kappa shape index (κ2) is 6.25. The molecule has 0 aliphatic carbocycles. The Balaban J connectivity index is 2.68. The maximum absolute atomic E-state index is 9.98. The summed E-state index contributed by atoms with van der Waals surface area (Å²) in [5.74, 6) is 6.52. The second-order valence-electron chi connectivity index (χ2n) is 3.82. The van der Waals surface area contributed by atoms with E-state index in [2.05, 4.69) is 20.7 Å². The fourth-order valence-corrected chi connectivity index (χ4v) is 2.08. The highest BCUT2D eigenvalue weighted by Gasteiger charge is 2.20. The van der Waals surface area contributed by atoms with Gasteiger partial charge in [-0.25, -0.2) is 10.8 Å². The molecule has 0 bridgehead atoms. The first-order valence-corrected chi connectivity index (χ1v) is 6.70. The van der Waals surface area contributed by atoms with E-state index < -0.39 is 5.60 Å². The SMILES string of the molecule is CSCC(C)(O)CNc1nc(NN)ncc1Cl. The molecule has 0 aliphatic rings. The van der Waals surface area contributed by atoms with E-state index in [1.807, 2.05) is 6.26 Å². The molecule has 1 aromatic rings. The van der Waals surface area contributed by atoms with Crippen molar-refractivity contribution in [1.29, 1.82) is 0 Å². The van der Waals surface area contributed by atoms with Crippen molar-refractivity contribution in [2.24, 2.45) is 5.84 Å². The van der Waals surface area contributed by atoms with Gasteiger partial charge in [-0.05, 0) is 13.2 Å². The van der Waals surface area contributed by atoms with Crippen molar-refractivity contribution in [1.82, 2.24) is 9.97 Å². The topological polar surface area (TPSA) is 96.1 Å². The lowest BCUT2D eigenvalue weighted by atomic mass is 10.1. The van der Waals surface area contributed by atoms with E-state index in [1.165, 1.54) is 6.20 Å². The number of nitrogen functional groups attached to an aromatic ring is 1. The summed E-state index contributed by atoms with van der Waals surface area (Å²) in [5, 5.41) is 13.3. The molecule has 6 nitrogen and oxygen atoms in total. The number of nitrogens with zero attached hydrogens (tertiary/aromatic N) is 2. The first-order valence-electron chi connectivity index (χ1n) is 4.93. The molecule has 0 saturated carbocycles. The molecule has 1 heterocycles. The lowest BCUT2D eigenvalue weighted by molar-refractivity contribution is 0.0996. The van der Waals surface area contributed by atoms with E-state index in [1.54, 1.807) is 18.7 Å². The second-order valence-corrected chi connectivity index (χ2v) is 5.09. The monoisotopic (exact) mass is 277 g/mol. The maximum atomic E-state index is 9.98. The van der Waals surface area contributed by atoms with Crippen LogP contribution in [0.5, 0.6) is 0 Å². The van der Waals surface area contributed by atoms with Crippen LogP contribution in [0.2, 0.25) is 5.02 Å². The van der Waals surface area contributed by atoms with Crippen molar-refractivity contribution >= 4 is 35.1 Å². The Morgan fingerprint density at radius 3 is 2.94 bits per heavy atom. The highest BCUT2D eigenvalue weighted by Crippen LogP contribution is 2.20. The fraction of sp³-hybridized carbons (Fsp3) is 0.556. The van der Waals surface area contributed by atoms with Crippen LogP contribution in [0.25, 0.3) is 0 Å². The van der Waals surface area contributed by atoms with Crippen LogP contribution in [-0.2, 0) is 0 Å². The normalized spacial score (nSPS) is 14.2. The summed E-state index contributed by atoms with van der Waals surface area (Å²) in [7, 11) is 0. The molecule has 0 aromatic carbocycles. The van der Waals surface area contributed by atoms with E-state index in [9.17, 15) is 5.11 Å². The van der Waals surface area contributed by atoms with Crippen LogP contribution in [0.15, 0.2) is 6.20 Å². The van der Waals surface area contributed by atoms with Crippen LogP contribution in [0.3, 0.4) is 0 Å². The molecule has 0 radical (unpaired) electrons. The number of hydrazine groups is 1. The molecule has 17 heavy (non-hydrogen) atoms. The molecule has 1 rings (SSSR count). The largest absolute Gasteiger partial charge is 0.387 e. The molecule has 0 spiro atoms. The van der Waals surface area contributed by atoms with Gasteiger partial charge in [-0.1, -0.05) is 11.6 Å². The van der Waals surface area contributed by atoms with Crippen molar-refractivity contribution in [2.45, 2.75) is 12.5 Å². The van der Waals surface area contributed by atoms with Gasteiger partial charge < -0.3 is 10.4 Å². The summed E-state index contributed by atoms with van der Waals surface area (Å²) in [4.78, 5) is 7.90. The number of rotatable bonds is 6. The number of halogens is 1. The molecule has 0 amide bonds. The van der Waals surface area contributed by atoms with Crippen LogP contribution in [0.1, 0.15) is 6.92 Å². The molecule has 96 valence electrons. The van der Waals surface area contributed by atoms with Gasteiger partial charge in [0.15, 0.2) is 5.82 Å².